The molecular formula is C11H11F3N6O2. The van der Waals surface area contributed by atoms with E-state index in [0.29, 0.717) is 17.6 Å². The summed E-state index contributed by atoms with van der Waals surface area (Å²) in [5, 5.41) is 13.3. The van der Waals surface area contributed by atoms with Gasteiger partial charge in [0.2, 0.25) is 0 Å². The summed E-state index contributed by atoms with van der Waals surface area (Å²) in [5.74, 6) is -0.941. The number of nitrogens with one attached hydrogen (secondary N) is 1. The first kappa shape index (κ1) is 14.4. The number of alkyl halides is 3. The fourth-order valence-electron chi connectivity index (χ4n) is 2.10. The van der Waals surface area contributed by atoms with E-state index in [-0.39, 0.29) is 17.5 Å². The van der Waals surface area contributed by atoms with Crippen molar-refractivity contribution in [1.82, 2.24) is 24.7 Å². The molecule has 118 valence electrons. The zero-order chi connectivity index (χ0) is 15.9. The lowest BCUT2D eigenvalue weighted by atomic mass is 10.1. The van der Waals surface area contributed by atoms with Gasteiger partial charge in [0.25, 0.3) is 5.82 Å². The summed E-state index contributed by atoms with van der Waals surface area (Å²) in [6.07, 6.45) is -5.08. The molecule has 0 atom stereocenters. The zero-order valence-corrected chi connectivity index (χ0v) is 11.3. The lowest BCUT2D eigenvalue weighted by Crippen LogP contribution is -2.57. The van der Waals surface area contributed by atoms with E-state index >= 15 is 0 Å². The zero-order valence-electron chi connectivity index (χ0n) is 11.3. The number of ether oxygens (including phenoxy) is 1. The third-order valence-corrected chi connectivity index (χ3v) is 3.18. The fourth-order valence-corrected chi connectivity index (χ4v) is 2.10. The minimum Gasteiger partial charge on any atom is -0.453 e. The summed E-state index contributed by atoms with van der Waals surface area (Å²) in [6, 6.07) is 2.79. The van der Waals surface area contributed by atoms with Crippen LogP contribution in [0.4, 0.5) is 23.8 Å². The minimum atomic E-state index is -4.64. The van der Waals surface area contributed by atoms with E-state index in [4.69, 9.17) is 0 Å². The Morgan fingerprint density at radius 3 is 2.73 bits per heavy atom. The Morgan fingerprint density at radius 1 is 1.36 bits per heavy atom. The van der Waals surface area contributed by atoms with Crippen molar-refractivity contribution in [2.75, 3.05) is 25.5 Å². The predicted octanol–water partition coefficient (Wildman–Crippen LogP) is 1.01. The Kier molecular flexibility index (Phi) is 3.26. The Labute approximate surface area is 121 Å². The topological polar surface area (TPSA) is 84.6 Å². The van der Waals surface area contributed by atoms with Gasteiger partial charge >= 0.3 is 12.3 Å². The van der Waals surface area contributed by atoms with Crippen molar-refractivity contribution in [2.24, 2.45) is 0 Å². The average molecular weight is 316 g/mol. The molecule has 0 aromatic carbocycles. The number of likely N-dealkylation sites (tertiary alicyclic amines) is 1. The number of methoxy groups -OCH3 is 1. The van der Waals surface area contributed by atoms with Gasteiger partial charge in [0, 0.05) is 13.1 Å². The maximum atomic E-state index is 12.8. The van der Waals surface area contributed by atoms with Crippen molar-refractivity contribution < 1.29 is 22.7 Å². The molecule has 1 aliphatic heterocycles. The van der Waals surface area contributed by atoms with Crippen molar-refractivity contribution in [3.8, 4) is 0 Å². The lowest BCUT2D eigenvalue weighted by molar-refractivity contribution is -0.146. The first-order valence-corrected chi connectivity index (χ1v) is 6.27. The van der Waals surface area contributed by atoms with Crippen molar-refractivity contribution in [3.63, 3.8) is 0 Å². The number of amides is 1. The Morgan fingerprint density at radius 2 is 2.09 bits per heavy atom. The van der Waals surface area contributed by atoms with Crippen molar-refractivity contribution >= 4 is 17.6 Å². The van der Waals surface area contributed by atoms with Gasteiger partial charge in [0.15, 0.2) is 5.65 Å². The number of hydrogen-bond donors (Lipinski definition) is 1. The van der Waals surface area contributed by atoms with E-state index in [9.17, 15) is 18.0 Å². The van der Waals surface area contributed by atoms with Crippen LogP contribution in [-0.4, -0.2) is 57.0 Å². The molecule has 1 saturated heterocycles. The molecule has 2 aromatic rings. The fraction of sp³-hybridized carbons (Fsp3) is 0.455. The predicted molar refractivity (Wildman–Crippen MR) is 67.2 cm³/mol. The van der Waals surface area contributed by atoms with Gasteiger partial charge < -0.3 is 15.0 Å². The number of carbonyl (C=O) groups is 1. The van der Waals surface area contributed by atoms with E-state index in [1.54, 1.807) is 0 Å². The highest BCUT2D eigenvalue weighted by Crippen LogP contribution is 2.27. The summed E-state index contributed by atoms with van der Waals surface area (Å²) in [7, 11) is 1.28. The van der Waals surface area contributed by atoms with Gasteiger partial charge in [0.05, 0.1) is 13.2 Å². The molecule has 8 nitrogen and oxygen atoms in total. The maximum absolute atomic E-state index is 12.8. The second-order valence-corrected chi connectivity index (χ2v) is 4.73. The van der Waals surface area contributed by atoms with Crippen LogP contribution in [0.15, 0.2) is 12.1 Å². The maximum Gasteiger partial charge on any atom is 0.453 e. The molecule has 0 spiro atoms. The van der Waals surface area contributed by atoms with Gasteiger partial charge in [-0.15, -0.1) is 15.3 Å². The molecule has 3 heterocycles. The summed E-state index contributed by atoms with van der Waals surface area (Å²) < 4.78 is 43.5. The van der Waals surface area contributed by atoms with E-state index in [0.717, 1.165) is 0 Å². The first-order valence-electron chi connectivity index (χ1n) is 6.27. The van der Waals surface area contributed by atoms with Gasteiger partial charge in [-0.2, -0.15) is 17.7 Å². The van der Waals surface area contributed by atoms with E-state index in [1.165, 1.54) is 24.1 Å². The summed E-state index contributed by atoms with van der Waals surface area (Å²) in [6.45, 7) is 0.779. The quantitative estimate of drug-likeness (QED) is 0.890. The van der Waals surface area contributed by atoms with E-state index < -0.39 is 18.1 Å². The summed E-state index contributed by atoms with van der Waals surface area (Å²) in [4.78, 5) is 12.7. The largest absolute Gasteiger partial charge is 0.453 e. The Balaban J connectivity index is 1.75. The SMILES string of the molecule is COC(=O)N1CC(Nc2ccc3nnc(C(F)(F)F)n3n2)C1. The Bertz CT molecular complexity index is 709. The van der Waals surface area contributed by atoms with Crippen molar-refractivity contribution in [1.29, 1.82) is 0 Å². The minimum absolute atomic E-state index is 0.00247. The summed E-state index contributed by atoms with van der Waals surface area (Å²) in [5.41, 5.74) is 0.00247. The summed E-state index contributed by atoms with van der Waals surface area (Å²) >= 11 is 0. The van der Waals surface area contributed by atoms with Crippen LogP contribution in [0.25, 0.3) is 5.65 Å². The van der Waals surface area contributed by atoms with Crippen LogP contribution in [-0.2, 0) is 10.9 Å². The average Bonchev–Trinajstić information content (AvgIpc) is 2.84. The van der Waals surface area contributed by atoms with Crippen molar-refractivity contribution in [3.05, 3.63) is 18.0 Å². The number of nitrogens with zero attached hydrogens (tertiary/aromatic N) is 5. The number of rotatable bonds is 2. The molecule has 3 rings (SSSR count). The van der Waals surface area contributed by atoms with Gasteiger partial charge in [-0.1, -0.05) is 0 Å². The molecule has 0 unspecified atom stereocenters. The molecule has 11 heteroatoms. The molecule has 22 heavy (non-hydrogen) atoms. The lowest BCUT2D eigenvalue weighted by Gasteiger charge is -2.38. The van der Waals surface area contributed by atoms with Crippen LogP contribution in [0.1, 0.15) is 5.82 Å². The van der Waals surface area contributed by atoms with Crippen LogP contribution in [0.2, 0.25) is 0 Å². The number of hydrogen-bond acceptors (Lipinski definition) is 6. The standard InChI is InChI=1S/C11H11F3N6O2/c1-22-10(21)19-4-6(5-19)15-7-2-3-8-16-17-9(11(12,13)14)20(8)18-7/h2-3,6H,4-5H2,1H3,(H,15,18). The highest BCUT2D eigenvalue weighted by molar-refractivity contribution is 5.69. The highest BCUT2D eigenvalue weighted by atomic mass is 19.4. The number of anilines is 1. The second kappa shape index (κ2) is 5.00. The molecule has 0 aliphatic carbocycles. The highest BCUT2D eigenvalue weighted by Gasteiger charge is 2.38. The molecule has 0 radical (unpaired) electrons. The smallest absolute Gasteiger partial charge is 0.453 e. The normalized spacial score (nSPS) is 15.7. The molecule has 1 fully saturated rings. The number of halogens is 3. The van der Waals surface area contributed by atoms with Crippen LogP contribution in [0, 0.1) is 0 Å². The third kappa shape index (κ3) is 2.49. The Hall–Kier alpha value is -2.59. The van der Waals surface area contributed by atoms with E-state index in [2.05, 4.69) is 25.3 Å². The molecule has 0 bridgehead atoms. The molecule has 1 N–H and O–H groups in total. The third-order valence-electron chi connectivity index (χ3n) is 3.18. The van der Waals surface area contributed by atoms with Crippen LogP contribution in [0.5, 0.6) is 0 Å². The van der Waals surface area contributed by atoms with Crippen LogP contribution < -0.4 is 5.32 Å². The number of carbonyl (C=O) groups excluding carboxylic acids is 1. The monoisotopic (exact) mass is 316 g/mol. The van der Waals surface area contributed by atoms with E-state index in [1.807, 2.05) is 0 Å². The number of fused-ring (bicyclic) bond motifs is 1. The van der Waals surface area contributed by atoms with Gasteiger partial charge in [-0.3, -0.25) is 0 Å². The second-order valence-electron chi connectivity index (χ2n) is 4.73. The van der Waals surface area contributed by atoms with Crippen molar-refractivity contribution in [2.45, 2.75) is 12.2 Å². The molecule has 2 aromatic heterocycles. The van der Waals surface area contributed by atoms with Gasteiger partial charge in [-0.05, 0) is 12.1 Å². The first-order chi connectivity index (χ1) is 10.4. The molecular weight excluding hydrogens is 305 g/mol. The van der Waals surface area contributed by atoms with Gasteiger partial charge in [-0.25, -0.2) is 4.79 Å². The molecule has 0 saturated carbocycles. The van der Waals surface area contributed by atoms with Crippen LogP contribution in [0.3, 0.4) is 0 Å². The van der Waals surface area contributed by atoms with Gasteiger partial charge in [0.1, 0.15) is 5.82 Å². The van der Waals surface area contributed by atoms with Crippen LogP contribution >= 0.6 is 0 Å². The number of aromatic nitrogens is 4. The molecule has 1 aliphatic rings. The molecule has 1 amide bonds.